The smallest absolute Gasteiger partial charge is 0.224 e. The van der Waals surface area contributed by atoms with E-state index in [4.69, 9.17) is 5.26 Å². The van der Waals surface area contributed by atoms with Gasteiger partial charge in [0.15, 0.2) is 0 Å². The Bertz CT molecular complexity index is 250. The topological polar surface area (TPSA) is 44.1 Å². The Morgan fingerprint density at radius 3 is 2.62 bits per heavy atom. The Morgan fingerprint density at radius 1 is 1.38 bits per heavy atom. The summed E-state index contributed by atoms with van der Waals surface area (Å²) in [6.07, 6.45) is 5.22. The van der Waals surface area contributed by atoms with Crippen molar-refractivity contribution >= 4 is 5.91 Å². The molecule has 13 heavy (non-hydrogen) atoms. The van der Waals surface area contributed by atoms with Gasteiger partial charge in [-0.15, -0.1) is 0 Å². The van der Waals surface area contributed by atoms with E-state index in [0.717, 1.165) is 12.8 Å². The SMILES string of the molecule is N#CC1CC(=O)N(C2CCCC2)C1. The number of nitriles is 1. The van der Waals surface area contributed by atoms with E-state index >= 15 is 0 Å². The molecule has 0 aromatic heterocycles. The largest absolute Gasteiger partial charge is 0.338 e. The van der Waals surface area contributed by atoms with Crippen molar-refractivity contribution in [2.24, 2.45) is 5.92 Å². The molecule has 1 saturated heterocycles. The highest BCUT2D eigenvalue weighted by Crippen LogP contribution is 2.28. The summed E-state index contributed by atoms with van der Waals surface area (Å²) >= 11 is 0. The number of likely N-dealkylation sites (tertiary alicyclic amines) is 1. The third-order valence-corrected chi connectivity index (χ3v) is 3.11. The lowest BCUT2D eigenvalue weighted by Crippen LogP contribution is -2.34. The van der Waals surface area contributed by atoms with Gasteiger partial charge in [0.1, 0.15) is 0 Å². The average molecular weight is 178 g/mol. The molecule has 1 heterocycles. The molecule has 3 nitrogen and oxygen atoms in total. The minimum atomic E-state index is -0.0481. The van der Waals surface area contributed by atoms with Crippen LogP contribution in [-0.4, -0.2) is 23.4 Å². The molecule has 2 rings (SSSR count). The molecule has 70 valence electrons. The van der Waals surface area contributed by atoms with Crippen molar-refractivity contribution in [2.75, 3.05) is 6.54 Å². The van der Waals surface area contributed by atoms with Crippen LogP contribution in [0, 0.1) is 17.2 Å². The standard InChI is InChI=1S/C10H14N2O/c11-6-8-5-10(13)12(7-8)9-3-1-2-4-9/h8-9H,1-5,7H2. The maximum atomic E-state index is 11.5. The first kappa shape index (κ1) is 8.55. The Balaban J connectivity index is 2.00. The van der Waals surface area contributed by atoms with Crippen LogP contribution in [-0.2, 0) is 4.79 Å². The van der Waals surface area contributed by atoms with Crippen molar-refractivity contribution in [1.82, 2.24) is 4.90 Å². The summed E-state index contributed by atoms with van der Waals surface area (Å²) in [7, 11) is 0. The van der Waals surface area contributed by atoms with Crippen LogP contribution in [0.25, 0.3) is 0 Å². The van der Waals surface area contributed by atoms with Gasteiger partial charge in [0, 0.05) is 19.0 Å². The molecule has 0 bridgehead atoms. The zero-order chi connectivity index (χ0) is 9.26. The van der Waals surface area contributed by atoms with Gasteiger partial charge in [-0.25, -0.2) is 0 Å². The summed E-state index contributed by atoms with van der Waals surface area (Å²) in [5, 5.41) is 8.72. The van der Waals surface area contributed by atoms with Gasteiger partial charge in [0.2, 0.25) is 5.91 Å². The molecule has 1 aliphatic carbocycles. The first-order chi connectivity index (χ1) is 6.31. The van der Waals surface area contributed by atoms with E-state index in [-0.39, 0.29) is 11.8 Å². The molecule has 1 unspecified atom stereocenters. The summed E-state index contributed by atoms with van der Waals surface area (Å²) in [5.41, 5.74) is 0. The molecule has 2 aliphatic rings. The molecule has 3 heteroatoms. The molecular weight excluding hydrogens is 164 g/mol. The molecule has 2 fully saturated rings. The lowest BCUT2D eigenvalue weighted by Gasteiger charge is -2.23. The normalized spacial score (nSPS) is 29.6. The minimum absolute atomic E-state index is 0.0481. The third kappa shape index (κ3) is 1.53. The number of hydrogen-bond donors (Lipinski definition) is 0. The van der Waals surface area contributed by atoms with Gasteiger partial charge in [0.05, 0.1) is 12.0 Å². The number of carbonyl (C=O) groups is 1. The van der Waals surface area contributed by atoms with E-state index in [9.17, 15) is 4.79 Å². The van der Waals surface area contributed by atoms with Gasteiger partial charge in [-0.2, -0.15) is 5.26 Å². The molecule has 1 atom stereocenters. The van der Waals surface area contributed by atoms with E-state index in [1.54, 1.807) is 0 Å². The Morgan fingerprint density at radius 2 is 2.08 bits per heavy atom. The Hall–Kier alpha value is -1.04. The molecule has 1 saturated carbocycles. The monoisotopic (exact) mass is 178 g/mol. The summed E-state index contributed by atoms with van der Waals surface area (Å²) in [5.74, 6) is 0.145. The highest BCUT2D eigenvalue weighted by Gasteiger charge is 2.35. The Kier molecular flexibility index (Phi) is 2.22. The van der Waals surface area contributed by atoms with Crippen LogP contribution in [0.4, 0.5) is 0 Å². The van der Waals surface area contributed by atoms with E-state index in [1.165, 1.54) is 12.8 Å². The molecule has 0 spiro atoms. The maximum absolute atomic E-state index is 11.5. The van der Waals surface area contributed by atoms with Crippen LogP contribution in [0.3, 0.4) is 0 Å². The van der Waals surface area contributed by atoms with E-state index < -0.39 is 0 Å². The number of rotatable bonds is 1. The summed E-state index contributed by atoms with van der Waals surface area (Å²) in [6, 6.07) is 2.64. The van der Waals surface area contributed by atoms with Crippen molar-refractivity contribution in [3.05, 3.63) is 0 Å². The van der Waals surface area contributed by atoms with Gasteiger partial charge in [-0.3, -0.25) is 4.79 Å². The van der Waals surface area contributed by atoms with Gasteiger partial charge >= 0.3 is 0 Å². The second kappa shape index (κ2) is 3.37. The lowest BCUT2D eigenvalue weighted by atomic mass is 10.1. The molecule has 0 aromatic carbocycles. The molecule has 1 aliphatic heterocycles. The van der Waals surface area contributed by atoms with Crippen molar-refractivity contribution in [3.8, 4) is 6.07 Å². The third-order valence-electron chi connectivity index (χ3n) is 3.11. The average Bonchev–Trinajstić information content (AvgIpc) is 2.72. The fourth-order valence-electron chi connectivity index (χ4n) is 2.39. The van der Waals surface area contributed by atoms with Crippen molar-refractivity contribution in [2.45, 2.75) is 38.1 Å². The highest BCUT2D eigenvalue weighted by atomic mass is 16.2. The summed E-state index contributed by atoms with van der Waals surface area (Å²) < 4.78 is 0. The molecule has 0 N–H and O–H groups in total. The van der Waals surface area contributed by atoms with E-state index in [0.29, 0.717) is 19.0 Å². The quantitative estimate of drug-likeness (QED) is 0.607. The van der Waals surface area contributed by atoms with E-state index in [2.05, 4.69) is 6.07 Å². The van der Waals surface area contributed by atoms with Gasteiger partial charge in [-0.1, -0.05) is 12.8 Å². The second-order valence-electron chi connectivity index (χ2n) is 4.01. The lowest BCUT2D eigenvalue weighted by molar-refractivity contribution is -0.129. The maximum Gasteiger partial charge on any atom is 0.224 e. The Labute approximate surface area is 78.3 Å². The van der Waals surface area contributed by atoms with Crippen LogP contribution >= 0.6 is 0 Å². The number of hydrogen-bond acceptors (Lipinski definition) is 2. The summed E-state index contributed by atoms with van der Waals surface area (Å²) in [4.78, 5) is 13.4. The van der Waals surface area contributed by atoms with Crippen molar-refractivity contribution in [3.63, 3.8) is 0 Å². The molecular formula is C10H14N2O. The molecule has 0 aromatic rings. The first-order valence-corrected chi connectivity index (χ1v) is 5.00. The minimum Gasteiger partial charge on any atom is -0.338 e. The highest BCUT2D eigenvalue weighted by molar-refractivity contribution is 5.79. The number of nitrogens with zero attached hydrogens (tertiary/aromatic N) is 2. The fourth-order valence-corrected chi connectivity index (χ4v) is 2.39. The van der Waals surface area contributed by atoms with Crippen LogP contribution in [0.15, 0.2) is 0 Å². The molecule has 1 amide bonds. The second-order valence-corrected chi connectivity index (χ2v) is 4.01. The number of carbonyl (C=O) groups excluding carboxylic acids is 1. The van der Waals surface area contributed by atoms with Gasteiger partial charge < -0.3 is 4.90 Å². The van der Waals surface area contributed by atoms with Gasteiger partial charge in [0.25, 0.3) is 0 Å². The predicted octanol–water partition coefficient (Wildman–Crippen LogP) is 1.30. The van der Waals surface area contributed by atoms with Crippen LogP contribution in [0.1, 0.15) is 32.1 Å². The van der Waals surface area contributed by atoms with Crippen LogP contribution < -0.4 is 0 Å². The first-order valence-electron chi connectivity index (χ1n) is 5.00. The zero-order valence-corrected chi connectivity index (χ0v) is 7.70. The van der Waals surface area contributed by atoms with Crippen molar-refractivity contribution < 1.29 is 4.79 Å². The van der Waals surface area contributed by atoms with Crippen LogP contribution in [0.2, 0.25) is 0 Å². The predicted molar refractivity (Wildman–Crippen MR) is 47.7 cm³/mol. The van der Waals surface area contributed by atoms with E-state index in [1.807, 2.05) is 4.90 Å². The summed E-state index contributed by atoms with van der Waals surface area (Å²) in [6.45, 7) is 0.681. The van der Waals surface area contributed by atoms with Crippen molar-refractivity contribution in [1.29, 1.82) is 5.26 Å². The van der Waals surface area contributed by atoms with Crippen LogP contribution in [0.5, 0.6) is 0 Å². The fraction of sp³-hybridized carbons (Fsp3) is 0.800. The number of amides is 1. The molecule has 0 radical (unpaired) electrons. The van der Waals surface area contributed by atoms with Gasteiger partial charge in [-0.05, 0) is 12.8 Å². The zero-order valence-electron chi connectivity index (χ0n) is 7.70.